The molecule has 0 spiro atoms. The minimum Gasteiger partial charge on any atom is -0.480 e. The quantitative estimate of drug-likeness (QED) is 0.681. The highest BCUT2D eigenvalue weighted by molar-refractivity contribution is 8.26. The van der Waals surface area contributed by atoms with Crippen molar-refractivity contribution in [1.29, 1.82) is 0 Å². The van der Waals surface area contributed by atoms with Crippen molar-refractivity contribution in [3.63, 3.8) is 0 Å². The number of amides is 1. The van der Waals surface area contributed by atoms with Crippen LogP contribution in [0.3, 0.4) is 0 Å². The molecule has 1 fully saturated rings. The minimum absolute atomic E-state index is 0.205. The van der Waals surface area contributed by atoms with Gasteiger partial charge in [-0.25, -0.2) is 9.18 Å². The molecule has 1 aliphatic heterocycles. The summed E-state index contributed by atoms with van der Waals surface area (Å²) in [5.41, 5.74) is 0.527. The van der Waals surface area contributed by atoms with E-state index in [1.807, 2.05) is 0 Å². The van der Waals surface area contributed by atoms with Gasteiger partial charge < -0.3 is 5.11 Å². The summed E-state index contributed by atoms with van der Waals surface area (Å²) < 4.78 is 13.4. The highest BCUT2D eigenvalue weighted by atomic mass is 32.2. The lowest BCUT2D eigenvalue weighted by Gasteiger charge is -2.21. The average molecular weight is 325 g/mol. The first-order valence-electron chi connectivity index (χ1n) is 6.19. The number of halogens is 1. The van der Waals surface area contributed by atoms with Gasteiger partial charge in [0.1, 0.15) is 16.2 Å². The van der Waals surface area contributed by atoms with Crippen LogP contribution in [0.2, 0.25) is 0 Å². The van der Waals surface area contributed by atoms with E-state index in [9.17, 15) is 14.0 Å². The molecule has 0 saturated carbocycles. The van der Waals surface area contributed by atoms with Crippen LogP contribution in [0.1, 0.15) is 18.9 Å². The van der Waals surface area contributed by atoms with Gasteiger partial charge in [0, 0.05) is 0 Å². The Morgan fingerprint density at radius 1 is 1.57 bits per heavy atom. The number of carbonyl (C=O) groups is 2. The van der Waals surface area contributed by atoms with Crippen molar-refractivity contribution in [3.05, 3.63) is 40.6 Å². The maximum absolute atomic E-state index is 13.1. The van der Waals surface area contributed by atoms with Crippen molar-refractivity contribution >= 4 is 46.3 Å². The second-order valence-electron chi connectivity index (χ2n) is 4.37. The first-order valence-corrected chi connectivity index (χ1v) is 7.42. The zero-order valence-electron chi connectivity index (χ0n) is 11.1. The van der Waals surface area contributed by atoms with Crippen LogP contribution in [0.15, 0.2) is 29.2 Å². The molecule has 1 aromatic rings. The molecule has 0 aliphatic carbocycles. The average Bonchev–Trinajstić information content (AvgIpc) is 2.67. The Balaban J connectivity index is 2.31. The molecule has 0 bridgehead atoms. The molecule has 1 aromatic carbocycles. The van der Waals surface area contributed by atoms with Gasteiger partial charge in [-0.2, -0.15) is 0 Å². The van der Waals surface area contributed by atoms with Crippen molar-refractivity contribution in [1.82, 2.24) is 4.90 Å². The van der Waals surface area contributed by atoms with Gasteiger partial charge >= 0.3 is 5.97 Å². The molecule has 0 radical (unpaired) electrons. The van der Waals surface area contributed by atoms with Crippen LogP contribution in [0.4, 0.5) is 4.39 Å². The van der Waals surface area contributed by atoms with Crippen molar-refractivity contribution < 1.29 is 19.1 Å². The van der Waals surface area contributed by atoms with Crippen molar-refractivity contribution in [2.75, 3.05) is 0 Å². The highest BCUT2D eigenvalue weighted by Crippen LogP contribution is 2.34. The van der Waals surface area contributed by atoms with Gasteiger partial charge in [-0.1, -0.05) is 43.0 Å². The molecule has 0 aromatic heterocycles. The summed E-state index contributed by atoms with van der Waals surface area (Å²) in [6.07, 6.45) is 1.77. The van der Waals surface area contributed by atoms with Gasteiger partial charge in [-0.3, -0.25) is 9.69 Å². The molecule has 1 atom stereocenters. The van der Waals surface area contributed by atoms with Crippen molar-refractivity contribution in [3.8, 4) is 0 Å². The number of carboxylic acids is 1. The third-order valence-corrected chi connectivity index (χ3v) is 4.28. The van der Waals surface area contributed by atoms with E-state index in [0.29, 0.717) is 10.5 Å². The second kappa shape index (κ2) is 6.36. The Morgan fingerprint density at radius 3 is 2.86 bits per heavy atom. The Morgan fingerprint density at radius 2 is 2.29 bits per heavy atom. The molecular weight excluding hydrogens is 313 g/mol. The molecule has 21 heavy (non-hydrogen) atoms. The van der Waals surface area contributed by atoms with E-state index in [4.69, 9.17) is 17.3 Å². The van der Waals surface area contributed by atoms with E-state index in [2.05, 4.69) is 0 Å². The summed E-state index contributed by atoms with van der Waals surface area (Å²) in [5, 5.41) is 9.15. The predicted octanol–water partition coefficient (Wildman–Crippen LogP) is 2.89. The maximum atomic E-state index is 13.1. The number of carbonyl (C=O) groups excluding carboxylic acids is 1. The summed E-state index contributed by atoms with van der Waals surface area (Å²) >= 11 is 6.11. The van der Waals surface area contributed by atoms with E-state index in [1.54, 1.807) is 13.0 Å². The fraction of sp³-hybridized carbons (Fsp3) is 0.214. The molecular formula is C14H12FNO3S2. The lowest BCUT2D eigenvalue weighted by atomic mass is 10.1. The molecule has 7 heteroatoms. The van der Waals surface area contributed by atoms with Crippen LogP contribution in [-0.2, 0) is 9.59 Å². The summed E-state index contributed by atoms with van der Waals surface area (Å²) in [6.45, 7) is 1.67. The van der Waals surface area contributed by atoms with Crippen molar-refractivity contribution in [2.24, 2.45) is 0 Å². The van der Waals surface area contributed by atoms with Gasteiger partial charge in [0.05, 0.1) is 4.91 Å². The number of thioether (sulfide) groups is 1. The molecule has 2 rings (SSSR count). The Bertz CT molecular complexity index is 645. The van der Waals surface area contributed by atoms with Gasteiger partial charge in [0.25, 0.3) is 5.91 Å². The normalized spacial score (nSPS) is 18.4. The summed E-state index contributed by atoms with van der Waals surface area (Å²) in [4.78, 5) is 24.9. The standard InChI is InChI=1S/C14H12FNO3S2/c1-2-10(13(18)19)16-12(17)11(21-14(16)20)7-8-4-3-5-9(15)6-8/h3-7,10H,2H2,1H3,(H,18,19)/t10-/m0/s1. The predicted molar refractivity (Wildman–Crippen MR) is 83.1 cm³/mol. The SMILES string of the molecule is CC[C@@H](C(=O)O)N1C(=O)C(=Cc2cccc(F)c2)SC1=S. The fourth-order valence-electron chi connectivity index (χ4n) is 1.96. The molecule has 4 nitrogen and oxygen atoms in total. The zero-order valence-corrected chi connectivity index (χ0v) is 12.7. The minimum atomic E-state index is -1.10. The van der Waals surface area contributed by atoms with Gasteiger partial charge in [-0.15, -0.1) is 0 Å². The van der Waals surface area contributed by atoms with Crippen LogP contribution >= 0.6 is 24.0 Å². The number of rotatable bonds is 4. The van der Waals surface area contributed by atoms with Crippen LogP contribution < -0.4 is 0 Å². The molecule has 0 unspecified atom stereocenters. The smallest absolute Gasteiger partial charge is 0.326 e. The first-order chi connectivity index (χ1) is 9.93. The van der Waals surface area contributed by atoms with Crippen LogP contribution in [0.5, 0.6) is 0 Å². The third-order valence-electron chi connectivity index (χ3n) is 2.95. The zero-order chi connectivity index (χ0) is 15.6. The maximum Gasteiger partial charge on any atom is 0.326 e. The summed E-state index contributed by atoms with van der Waals surface area (Å²) in [5.74, 6) is -1.96. The number of hydrogen-bond donors (Lipinski definition) is 1. The van der Waals surface area contributed by atoms with Gasteiger partial charge in [0.2, 0.25) is 0 Å². The molecule has 1 amide bonds. The van der Waals surface area contributed by atoms with Crippen LogP contribution in [0, 0.1) is 5.82 Å². The van der Waals surface area contributed by atoms with Crippen LogP contribution in [0.25, 0.3) is 6.08 Å². The number of nitrogens with zero attached hydrogens (tertiary/aromatic N) is 1. The number of carboxylic acid groups (broad SMARTS) is 1. The Hall–Kier alpha value is -1.73. The van der Waals surface area contributed by atoms with E-state index in [-0.39, 0.29) is 10.7 Å². The fourth-order valence-corrected chi connectivity index (χ4v) is 3.32. The lowest BCUT2D eigenvalue weighted by molar-refractivity contribution is -0.145. The van der Waals surface area contributed by atoms with E-state index < -0.39 is 23.7 Å². The number of thiocarbonyl (C=S) groups is 1. The lowest BCUT2D eigenvalue weighted by Crippen LogP contribution is -2.43. The Labute approximate surface area is 130 Å². The van der Waals surface area contributed by atoms with Gasteiger partial charge in [0.15, 0.2) is 0 Å². The third kappa shape index (κ3) is 3.30. The molecule has 110 valence electrons. The number of benzene rings is 1. The highest BCUT2D eigenvalue weighted by Gasteiger charge is 2.39. The molecule has 1 saturated heterocycles. The van der Waals surface area contributed by atoms with Crippen molar-refractivity contribution in [2.45, 2.75) is 19.4 Å². The van der Waals surface area contributed by atoms with Crippen LogP contribution in [-0.4, -0.2) is 32.2 Å². The van der Waals surface area contributed by atoms with E-state index in [1.165, 1.54) is 24.3 Å². The summed E-state index contributed by atoms with van der Waals surface area (Å²) in [7, 11) is 0. The van der Waals surface area contributed by atoms with E-state index >= 15 is 0 Å². The topological polar surface area (TPSA) is 57.6 Å². The Kier molecular flexibility index (Phi) is 4.74. The molecule has 1 N–H and O–H groups in total. The molecule has 1 heterocycles. The van der Waals surface area contributed by atoms with E-state index in [0.717, 1.165) is 16.7 Å². The second-order valence-corrected chi connectivity index (χ2v) is 6.04. The molecule has 1 aliphatic rings. The monoisotopic (exact) mass is 325 g/mol. The number of aliphatic carboxylic acids is 1. The van der Waals surface area contributed by atoms with Gasteiger partial charge in [-0.05, 0) is 30.2 Å². The largest absolute Gasteiger partial charge is 0.480 e. The first kappa shape index (κ1) is 15.7. The summed E-state index contributed by atoms with van der Waals surface area (Å²) in [6, 6.07) is 4.81. The number of hydrogen-bond acceptors (Lipinski definition) is 4.